The van der Waals surface area contributed by atoms with Gasteiger partial charge >= 0.3 is 0 Å². The number of fused-ring (bicyclic) bond motifs is 2. The normalized spacial score (nSPS) is 12.6. The molecule has 0 spiro atoms. The maximum Gasteiger partial charge on any atom is 0.235 e. The average molecular weight is 406 g/mol. The van der Waals surface area contributed by atoms with Crippen LogP contribution in [0.3, 0.4) is 0 Å². The van der Waals surface area contributed by atoms with Crippen molar-refractivity contribution in [1.82, 2.24) is 14.4 Å². The monoisotopic (exact) mass is 405 g/mol. The van der Waals surface area contributed by atoms with E-state index in [1.165, 1.54) is 0 Å². The van der Waals surface area contributed by atoms with Crippen LogP contribution in [-0.2, 0) is 0 Å². The van der Waals surface area contributed by atoms with E-state index in [0.717, 1.165) is 6.42 Å². The second kappa shape index (κ2) is 6.86. The first-order chi connectivity index (χ1) is 14.1. The summed E-state index contributed by atoms with van der Waals surface area (Å²) in [5, 5.41) is 4.06. The molecule has 7 heteroatoms. The van der Waals surface area contributed by atoms with Gasteiger partial charge in [0, 0.05) is 17.9 Å². The van der Waals surface area contributed by atoms with E-state index >= 15 is 0 Å². The molecule has 0 atom stereocenters. The summed E-state index contributed by atoms with van der Waals surface area (Å²) >= 11 is 0. The number of nitrogen functional groups attached to an aromatic ring is 1. The molecule has 0 bridgehead atoms. The van der Waals surface area contributed by atoms with Gasteiger partial charge in [-0.25, -0.2) is 9.97 Å². The highest BCUT2D eigenvalue weighted by Crippen LogP contribution is 2.36. The first kappa shape index (κ1) is 19.9. The van der Waals surface area contributed by atoms with Crippen LogP contribution >= 0.6 is 0 Å². The van der Waals surface area contributed by atoms with Crippen LogP contribution in [0.1, 0.15) is 41.0 Å². The van der Waals surface area contributed by atoms with E-state index in [1.807, 2.05) is 16.7 Å². The Balaban J connectivity index is 1.96. The van der Waals surface area contributed by atoms with E-state index in [1.54, 1.807) is 30.5 Å². The van der Waals surface area contributed by atoms with Crippen molar-refractivity contribution in [3.63, 3.8) is 0 Å². The fraction of sp³-hybridized carbons (Fsp3) is 0.348. The molecule has 3 aromatic heterocycles. The molecular weight excluding hydrogens is 378 g/mol. The highest BCUT2D eigenvalue weighted by atomic mass is 16.3. The number of hydrogen-bond donors (Lipinski definition) is 2. The van der Waals surface area contributed by atoms with Crippen molar-refractivity contribution >= 4 is 28.4 Å². The maximum atomic E-state index is 13.3. The third-order valence-corrected chi connectivity index (χ3v) is 4.89. The van der Waals surface area contributed by atoms with E-state index in [2.05, 4.69) is 49.9 Å². The molecule has 0 unspecified atom stereocenters. The van der Waals surface area contributed by atoms with Gasteiger partial charge in [-0.3, -0.25) is 9.20 Å². The maximum absolute atomic E-state index is 13.3. The van der Waals surface area contributed by atoms with E-state index in [-0.39, 0.29) is 27.8 Å². The molecule has 0 fully saturated rings. The van der Waals surface area contributed by atoms with Crippen LogP contribution in [-0.4, -0.2) is 19.9 Å². The van der Waals surface area contributed by atoms with Crippen LogP contribution in [0.5, 0.6) is 0 Å². The van der Waals surface area contributed by atoms with Crippen LogP contribution in [0.15, 0.2) is 51.9 Å². The molecule has 0 saturated carbocycles. The van der Waals surface area contributed by atoms with Gasteiger partial charge in [0.15, 0.2) is 0 Å². The van der Waals surface area contributed by atoms with Crippen LogP contribution in [0.4, 0.5) is 11.7 Å². The van der Waals surface area contributed by atoms with Crippen molar-refractivity contribution < 1.29 is 4.42 Å². The minimum absolute atomic E-state index is 0.0405. The lowest BCUT2D eigenvalue weighted by atomic mass is 9.82. The van der Waals surface area contributed by atoms with Gasteiger partial charge in [0.05, 0.1) is 5.39 Å². The third-order valence-electron chi connectivity index (χ3n) is 4.89. The molecule has 0 aliphatic carbocycles. The van der Waals surface area contributed by atoms with Gasteiger partial charge in [0.2, 0.25) is 17.1 Å². The van der Waals surface area contributed by atoms with Crippen LogP contribution in [0.2, 0.25) is 0 Å². The van der Waals surface area contributed by atoms with E-state index in [4.69, 9.17) is 10.2 Å². The number of hydrogen-bond acceptors (Lipinski definition) is 6. The number of nitrogens with two attached hydrogens (primary N) is 1. The highest BCUT2D eigenvalue weighted by molar-refractivity contribution is 5.89. The molecule has 0 saturated heterocycles. The van der Waals surface area contributed by atoms with Crippen molar-refractivity contribution in [3.05, 3.63) is 52.9 Å². The third kappa shape index (κ3) is 3.63. The van der Waals surface area contributed by atoms with Crippen molar-refractivity contribution in [1.29, 1.82) is 0 Å². The lowest BCUT2D eigenvalue weighted by Crippen LogP contribution is -2.36. The number of imidazole rings is 1. The first-order valence-corrected chi connectivity index (χ1v) is 9.99. The summed E-state index contributed by atoms with van der Waals surface area (Å²) in [5.74, 6) is 1.19. The minimum Gasteiger partial charge on any atom is -0.440 e. The van der Waals surface area contributed by atoms with Gasteiger partial charge in [-0.05, 0) is 43.9 Å². The Labute approximate surface area is 175 Å². The van der Waals surface area contributed by atoms with Gasteiger partial charge in [0.25, 0.3) is 0 Å². The van der Waals surface area contributed by atoms with Crippen LogP contribution in [0.25, 0.3) is 28.0 Å². The quantitative estimate of drug-likeness (QED) is 0.510. The number of nitrogens with one attached hydrogen (secondary N) is 1. The molecule has 0 amide bonds. The zero-order valence-electron chi connectivity index (χ0n) is 18.0. The molecule has 156 valence electrons. The Morgan fingerprint density at radius 1 is 1.13 bits per heavy atom. The van der Waals surface area contributed by atoms with Gasteiger partial charge in [-0.15, -0.1) is 0 Å². The smallest absolute Gasteiger partial charge is 0.235 e. The zero-order valence-corrected chi connectivity index (χ0v) is 18.0. The molecule has 7 nitrogen and oxygen atoms in total. The fourth-order valence-electron chi connectivity index (χ4n) is 4.26. The SMILES string of the molecule is CC(C)(C)CC(C)(C)Nc1c(-c2c(N)oc3ccccc3c2=O)nc2ncccn12. The van der Waals surface area contributed by atoms with Crippen molar-refractivity contribution in [3.8, 4) is 11.3 Å². The van der Waals surface area contributed by atoms with Gasteiger partial charge in [0.1, 0.15) is 22.7 Å². The lowest BCUT2D eigenvalue weighted by molar-refractivity contribution is 0.302. The molecule has 3 heterocycles. The standard InChI is InChI=1S/C23H27N5O2/c1-22(2,3)13-23(4,5)27-20-17(26-21-25-11-8-12-28(20)21)16-18(29)14-9-6-7-10-15(14)30-19(16)24/h6-12,27H,13,24H2,1-5H3. The zero-order chi connectivity index (χ0) is 21.7. The summed E-state index contributed by atoms with van der Waals surface area (Å²) in [6.07, 6.45) is 4.43. The molecule has 4 aromatic rings. The Morgan fingerprint density at radius 3 is 2.60 bits per heavy atom. The molecule has 4 rings (SSSR count). The van der Waals surface area contributed by atoms with Gasteiger partial charge in [-0.2, -0.15) is 0 Å². The summed E-state index contributed by atoms with van der Waals surface area (Å²) in [5.41, 5.74) is 6.97. The average Bonchev–Trinajstić information content (AvgIpc) is 2.97. The number of aromatic nitrogens is 3. The van der Waals surface area contributed by atoms with Crippen molar-refractivity contribution in [2.75, 3.05) is 11.1 Å². The summed E-state index contributed by atoms with van der Waals surface area (Å²) in [6.45, 7) is 10.9. The van der Waals surface area contributed by atoms with Gasteiger partial charge < -0.3 is 15.5 Å². The number of anilines is 2. The predicted octanol–water partition coefficient (Wildman–Crippen LogP) is 4.71. The number of para-hydroxylation sites is 1. The first-order valence-electron chi connectivity index (χ1n) is 9.99. The minimum atomic E-state index is -0.273. The predicted molar refractivity (Wildman–Crippen MR) is 121 cm³/mol. The van der Waals surface area contributed by atoms with Gasteiger partial charge in [-0.1, -0.05) is 32.9 Å². The number of rotatable bonds is 4. The molecule has 0 aliphatic heterocycles. The molecule has 3 N–H and O–H groups in total. The summed E-state index contributed by atoms with van der Waals surface area (Å²) in [7, 11) is 0. The summed E-state index contributed by atoms with van der Waals surface area (Å²) < 4.78 is 7.61. The largest absolute Gasteiger partial charge is 0.440 e. The lowest BCUT2D eigenvalue weighted by Gasteiger charge is -2.34. The topological polar surface area (TPSA) is 98.4 Å². The van der Waals surface area contributed by atoms with Crippen molar-refractivity contribution in [2.24, 2.45) is 5.41 Å². The Morgan fingerprint density at radius 2 is 1.87 bits per heavy atom. The second-order valence-electron chi connectivity index (χ2n) is 9.51. The Kier molecular flexibility index (Phi) is 4.56. The fourth-order valence-corrected chi connectivity index (χ4v) is 4.26. The molecule has 1 aromatic carbocycles. The summed E-state index contributed by atoms with van der Waals surface area (Å²) in [4.78, 5) is 22.3. The molecule has 0 radical (unpaired) electrons. The van der Waals surface area contributed by atoms with Crippen LogP contribution < -0.4 is 16.5 Å². The van der Waals surface area contributed by atoms with E-state index in [9.17, 15) is 4.79 Å². The Bertz CT molecular complexity index is 1290. The second-order valence-corrected chi connectivity index (χ2v) is 9.51. The van der Waals surface area contributed by atoms with E-state index < -0.39 is 0 Å². The number of benzene rings is 1. The number of nitrogens with zero attached hydrogens (tertiary/aromatic N) is 3. The molecule has 30 heavy (non-hydrogen) atoms. The van der Waals surface area contributed by atoms with Crippen molar-refractivity contribution in [2.45, 2.75) is 46.6 Å². The van der Waals surface area contributed by atoms with E-state index in [0.29, 0.717) is 28.3 Å². The molecule has 0 aliphatic rings. The molecular formula is C23H27N5O2. The highest BCUT2D eigenvalue weighted by Gasteiger charge is 2.30. The summed E-state index contributed by atoms with van der Waals surface area (Å²) in [6, 6.07) is 8.90. The van der Waals surface area contributed by atoms with Crippen LogP contribution in [0, 0.1) is 5.41 Å². The Hall–Kier alpha value is -3.35.